The molecule has 0 fully saturated rings. The van der Waals surface area contributed by atoms with Gasteiger partial charge in [-0.3, -0.25) is 0 Å². The molecule has 0 saturated carbocycles. The molecule has 0 aliphatic rings. The average Bonchev–Trinajstić information content (AvgIpc) is 2.32. The first-order valence-electron chi connectivity index (χ1n) is 5.61. The van der Waals surface area contributed by atoms with E-state index in [9.17, 15) is 0 Å². The highest BCUT2D eigenvalue weighted by molar-refractivity contribution is 6.30. The number of benzene rings is 1. The third kappa shape index (κ3) is 3.56. The molecule has 0 saturated heterocycles. The zero-order valence-electron chi connectivity index (χ0n) is 10.2. The van der Waals surface area contributed by atoms with Crippen molar-refractivity contribution in [2.24, 2.45) is 0 Å². The van der Waals surface area contributed by atoms with Gasteiger partial charge in [0.05, 0.1) is 0 Å². The van der Waals surface area contributed by atoms with Crippen LogP contribution in [0.15, 0.2) is 30.6 Å². The fourth-order valence-corrected chi connectivity index (χ4v) is 1.47. The molecule has 0 spiro atoms. The summed E-state index contributed by atoms with van der Waals surface area (Å²) >= 11 is 5.82. The van der Waals surface area contributed by atoms with E-state index >= 15 is 0 Å². The SMILES string of the molecule is CC(C)Nc1ncnc(Nc2ccc(Cl)cc2)n1. The molecule has 1 heterocycles. The zero-order valence-corrected chi connectivity index (χ0v) is 10.9. The van der Waals surface area contributed by atoms with Crippen molar-refractivity contribution in [3.63, 3.8) is 0 Å². The van der Waals surface area contributed by atoms with Gasteiger partial charge in [-0.15, -0.1) is 0 Å². The Morgan fingerprint density at radius 2 is 1.72 bits per heavy atom. The van der Waals surface area contributed by atoms with Crippen LogP contribution in [0.2, 0.25) is 5.02 Å². The Bertz CT molecular complexity index is 512. The van der Waals surface area contributed by atoms with Crippen LogP contribution in [0.25, 0.3) is 0 Å². The Balaban J connectivity index is 2.11. The molecule has 2 aromatic rings. The van der Waals surface area contributed by atoms with Crippen LogP contribution >= 0.6 is 11.6 Å². The molecule has 0 amide bonds. The number of hydrogen-bond donors (Lipinski definition) is 2. The third-order valence-corrected chi connectivity index (χ3v) is 2.34. The maximum absolute atomic E-state index is 5.82. The van der Waals surface area contributed by atoms with Crippen molar-refractivity contribution in [1.82, 2.24) is 15.0 Å². The lowest BCUT2D eigenvalue weighted by molar-refractivity contribution is 0.868. The summed E-state index contributed by atoms with van der Waals surface area (Å²) in [6, 6.07) is 7.61. The summed E-state index contributed by atoms with van der Waals surface area (Å²) in [6.07, 6.45) is 1.47. The van der Waals surface area contributed by atoms with Gasteiger partial charge in [-0.05, 0) is 38.1 Å². The predicted octanol–water partition coefficient (Wildman–Crippen LogP) is 3.09. The average molecular weight is 264 g/mol. The van der Waals surface area contributed by atoms with Gasteiger partial charge in [0.15, 0.2) is 0 Å². The van der Waals surface area contributed by atoms with Gasteiger partial charge in [0.25, 0.3) is 0 Å². The highest BCUT2D eigenvalue weighted by Crippen LogP contribution is 2.16. The van der Waals surface area contributed by atoms with E-state index in [4.69, 9.17) is 11.6 Å². The first-order chi connectivity index (χ1) is 8.63. The number of rotatable bonds is 4. The lowest BCUT2D eigenvalue weighted by Gasteiger charge is -2.09. The van der Waals surface area contributed by atoms with Crippen LogP contribution in [-0.4, -0.2) is 21.0 Å². The fourth-order valence-electron chi connectivity index (χ4n) is 1.35. The van der Waals surface area contributed by atoms with Crippen LogP contribution in [0.4, 0.5) is 17.6 Å². The van der Waals surface area contributed by atoms with Crippen molar-refractivity contribution in [2.75, 3.05) is 10.6 Å². The van der Waals surface area contributed by atoms with Gasteiger partial charge in [0, 0.05) is 16.8 Å². The summed E-state index contributed by atoms with van der Waals surface area (Å²) in [5, 5.41) is 6.89. The van der Waals surface area contributed by atoms with E-state index in [-0.39, 0.29) is 6.04 Å². The maximum Gasteiger partial charge on any atom is 0.231 e. The standard InChI is InChI=1S/C12H14ClN5/c1-8(2)16-11-14-7-15-12(18-11)17-10-5-3-9(13)4-6-10/h3-8H,1-2H3,(H2,14,15,16,17,18). The van der Waals surface area contributed by atoms with E-state index in [1.807, 2.05) is 26.0 Å². The predicted molar refractivity (Wildman–Crippen MR) is 73.3 cm³/mol. The second-order valence-electron chi connectivity index (χ2n) is 4.06. The van der Waals surface area contributed by atoms with Crippen LogP contribution in [0.5, 0.6) is 0 Å². The van der Waals surface area contributed by atoms with Crippen LogP contribution in [-0.2, 0) is 0 Å². The molecule has 0 atom stereocenters. The second-order valence-corrected chi connectivity index (χ2v) is 4.50. The van der Waals surface area contributed by atoms with Crippen molar-refractivity contribution in [3.05, 3.63) is 35.6 Å². The summed E-state index contributed by atoms with van der Waals surface area (Å²) in [5.74, 6) is 1.05. The molecule has 0 radical (unpaired) electrons. The molecule has 1 aromatic heterocycles. The molecule has 0 bridgehead atoms. The Hall–Kier alpha value is -1.88. The Labute approximate surface area is 111 Å². The molecular formula is C12H14ClN5. The Kier molecular flexibility index (Phi) is 3.94. The fraction of sp³-hybridized carbons (Fsp3) is 0.250. The first-order valence-corrected chi connectivity index (χ1v) is 5.99. The summed E-state index contributed by atoms with van der Waals surface area (Å²) in [7, 11) is 0. The van der Waals surface area contributed by atoms with E-state index in [0.717, 1.165) is 5.69 Å². The summed E-state index contributed by atoms with van der Waals surface area (Å²) in [4.78, 5) is 12.4. The molecule has 94 valence electrons. The Morgan fingerprint density at radius 3 is 2.39 bits per heavy atom. The van der Waals surface area contributed by atoms with Gasteiger partial charge in [-0.25, -0.2) is 9.97 Å². The molecule has 1 aromatic carbocycles. The zero-order chi connectivity index (χ0) is 13.0. The van der Waals surface area contributed by atoms with E-state index < -0.39 is 0 Å². The minimum absolute atomic E-state index is 0.274. The molecular weight excluding hydrogens is 250 g/mol. The topological polar surface area (TPSA) is 62.7 Å². The number of halogens is 1. The number of aromatic nitrogens is 3. The van der Waals surface area contributed by atoms with Crippen molar-refractivity contribution >= 4 is 29.2 Å². The van der Waals surface area contributed by atoms with Crippen LogP contribution in [0.1, 0.15) is 13.8 Å². The molecule has 6 heteroatoms. The van der Waals surface area contributed by atoms with E-state index in [0.29, 0.717) is 16.9 Å². The second kappa shape index (κ2) is 5.64. The van der Waals surface area contributed by atoms with Crippen LogP contribution in [0, 0.1) is 0 Å². The molecule has 0 unspecified atom stereocenters. The van der Waals surface area contributed by atoms with Gasteiger partial charge in [0.1, 0.15) is 6.33 Å². The molecule has 0 aliphatic heterocycles. The third-order valence-electron chi connectivity index (χ3n) is 2.09. The van der Waals surface area contributed by atoms with E-state index in [1.54, 1.807) is 12.1 Å². The number of anilines is 3. The normalized spacial score (nSPS) is 10.4. The van der Waals surface area contributed by atoms with Gasteiger partial charge >= 0.3 is 0 Å². The Morgan fingerprint density at radius 1 is 1.06 bits per heavy atom. The smallest absolute Gasteiger partial charge is 0.231 e. The van der Waals surface area contributed by atoms with Crippen molar-refractivity contribution in [3.8, 4) is 0 Å². The van der Waals surface area contributed by atoms with E-state index in [1.165, 1.54) is 6.33 Å². The highest BCUT2D eigenvalue weighted by Gasteiger charge is 2.02. The largest absolute Gasteiger partial charge is 0.352 e. The summed E-state index contributed by atoms with van der Waals surface area (Å²) in [5.41, 5.74) is 0.876. The number of nitrogens with one attached hydrogen (secondary N) is 2. The minimum Gasteiger partial charge on any atom is -0.352 e. The summed E-state index contributed by atoms with van der Waals surface area (Å²) in [6.45, 7) is 4.05. The summed E-state index contributed by atoms with van der Waals surface area (Å²) < 4.78 is 0. The van der Waals surface area contributed by atoms with Crippen molar-refractivity contribution < 1.29 is 0 Å². The first kappa shape index (κ1) is 12.6. The van der Waals surface area contributed by atoms with Crippen LogP contribution < -0.4 is 10.6 Å². The molecule has 18 heavy (non-hydrogen) atoms. The number of hydrogen-bond acceptors (Lipinski definition) is 5. The van der Waals surface area contributed by atoms with Crippen LogP contribution in [0.3, 0.4) is 0 Å². The molecule has 0 aliphatic carbocycles. The molecule has 2 N–H and O–H groups in total. The van der Waals surface area contributed by atoms with Gasteiger partial charge in [0.2, 0.25) is 11.9 Å². The maximum atomic E-state index is 5.82. The molecule has 5 nitrogen and oxygen atoms in total. The molecule has 2 rings (SSSR count). The quantitative estimate of drug-likeness (QED) is 0.888. The van der Waals surface area contributed by atoms with Crippen molar-refractivity contribution in [2.45, 2.75) is 19.9 Å². The van der Waals surface area contributed by atoms with Crippen molar-refractivity contribution in [1.29, 1.82) is 0 Å². The number of nitrogens with zero attached hydrogens (tertiary/aromatic N) is 3. The van der Waals surface area contributed by atoms with Gasteiger partial charge in [-0.1, -0.05) is 11.6 Å². The van der Waals surface area contributed by atoms with Gasteiger partial charge in [-0.2, -0.15) is 4.98 Å². The lowest BCUT2D eigenvalue weighted by Crippen LogP contribution is -2.13. The lowest BCUT2D eigenvalue weighted by atomic mass is 10.3. The monoisotopic (exact) mass is 263 g/mol. The minimum atomic E-state index is 0.274. The highest BCUT2D eigenvalue weighted by atomic mass is 35.5. The van der Waals surface area contributed by atoms with Gasteiger partial charge < -0.3 is 10.6 Å². The van der Waals surface area contributed by atoms with E-state index in [2.05, 4.69) is 25.6 Å².